The lowest BCUT2D eigenvalue weighted by Crippen LogP contribution is -2.02. The summed E-state index contributed by atoms with van der Waals surface area (Å²) in [4.78, 5) is 0. The topological polar surface area (TPSA) is 52.6 Å². The van der Waals surface area contributed by atoms with Crippen molar-refractivity contribution in [1.82, 2.24) is 0 Å². The number of benzene rings is 5. The van der Waals surface area contributed by atoms with Crippen molar-refractivity contribution >= 4 is 14.7 Å². The first-order chi connectivity index (χ1) is 19.5. The van der Waals surface area contributed by atoms with Crippen LogP contribution in [0.3, 0.4) is 0 Å². The first-order valence-electron chi connectivity index (χ1n) is 13.4. The Kier molecular flexibility index (Phi) is 6.27. The summed E-state index contributed by atoms with van der Waals surface area (Å²) >= 11 is 0. The molecule has 0 N–H and O–H groups in total. The monoisotopic (exact) mass is 562 g/mol. The highest BCUT2D eigenvalue weighted by molar-refractivity contribution is 7.58. The molecule has 198 valence electrons. The molecule has 0 radical (unpaired) electrons. The summed E-state index contributed by atoms with van der Waals surface area (Å²) in [5.74, 6) is 1.31. The number of para-hydroxylation sites is 2. The van der Waals surface area contributed by atoms with Gasteiger partial charge in [-0.25, -0.2) is 0 Å². The van der Waals surface area contributed by atoms with E-state index < -0.39 is 14.7 Å². The van der Waals surface area contributed by atoms with Crippen molar-refractivity contribution in [2.75, 3.05) is 0 Å². The molecule has 2 aliphatic rings. The van der Waals surface area contributed by atoms with Gasteiger partial charge in [0, 0.05) is 11.1 Å². The normalized spacial score (nSPS) is 20.8. The van der Waals surface area contributed by atoms with Crippen LogP contribution in [-0.2, 0) is 33.8 Å². The van der Waals surface area contributed by atoms with E-state index in [9.17, 15) is 9.13 Å². The molecular formula is C34H28O4P2. The molecule has 0 amide bonds. The molecule has 0 aliphatic carbocycles. The second kappa shape index (κ2) is 9.97. The average Bonchev–Trinajstić information content (AvgIpc) is 3.15. The van der Waals surface area contributed by atoms with Gasteiger partial charge in [-0.2, -0.15) is 0 Å². The lowest BCUT2D eigenvalue weighted by atomic mass is 10.00. The molecule has 5 aromatic rings. The first kappa shape index (κ1) is 25.1. The summed E-state index contributed by atoms with van der Waals surface area (Å²) < 4.78 is 41.3. The second-order valence-electron chi connectivity index (χ2n) is 10.6. The quantitative estimate of drug-likeness (QED) is 0.205. The van der Waals surface area contributed by atoms with Gasteiger partial charge in [0.15, 0.2) is 0 Å². The molecule has 4 nitrogen and oxygen atoms in total. The van der Waals surface area contributed by atoms with Crippen molar-refractivity contribution in [2.24, 2.45) is 0 Å². The molecule has 0 saturated heterocycles. The maximum absolute atomic E-state index is 14.3. The van der Waals surface area contributed by atoms with Gasteiger partial charge in [0.25, 0.3) is 14.7 Å². The van der Waals surface area contributed by atoms with Gasteiger partial charge in [0.1, 0.15) is 11.5 Å². The zero-order chi connectivity index (χ0) is 27.2. The molecule has 2 atom stereocenters. The molecule has 2 aliphatic heterocycles. The van der Waals surface area contributed by atoms with Gasteiger partial charge < -0.3 is 9.05 Å². The van der Waals surface area contributed by atoms with Crippen LogP contribution in [0.5, 0.6) is 11.5 Å². The van der Waals surface area contributed by atoms with E-state index in [2.05, 4.69) is 12.1 Å². The summed E-state index contributed by atoms with van der Waals surface area (Å²) in [5.41, 5.74) is 7.92. The first-order valence-corrected chi connectivity index (χ1v) is 17.4. The van der Waals surface area contributed by atoms with Gasteiger partial charge >= 0.3 is 0 Å². The zero-order valence-corrected chi connectivity index (χ0v) is 23.7. The van der Waals surface area contributed by atoms with Crippen molar-refractivity contribution in [1.29, 1.82) is 0 Å². The third-order valence-corrected chi connectivity index (χ3v) is 12.0. The van der Waals surface area contributed by atoms with Crippen molar-refractivity contribution in [2.45, 2.75) is 24.6 Å². The van der Waals surface area contributed by atoms with Crippen LogP contribution in [0, 0.1) is 0 Å². The minimum absolute atomic E-state index is 0.292. The van der Waals surface area contributed by atoms with Gasteiger partial charge in [-0.1, -0.05) is 109 Å². The molecule has 7 rings (SSSR count). The minimum atomic E-state index is -3.12. The Bertz CT molecular complexity index is 1610. The molecular weight excluding hydrogens is 534 g/mol. The van der Waals surface area contributed by atoms with Crippen LogP contribution in [0.25, 0.3) is 22.3 Å². The van der Waals surface area contributed by atoms with Crippen LogP contribution in [0.15, 0.2) is 121 Å². The van der Waals surface area contributed by atoms with E-state index in [1.54, 1.807) is 0 Å². The van der Waals surface area contributed by atoms with Crippen LogP contribution < -0.4 is 9.05 Å². The lowest BCUT2D eigenvalue weighted by molar-refractivity contribution is 0.480. The Balaban J connectivity index is 1.19. The number of fused-ring (bicyclic) bond motifs is 6. The van der Waals surface area contributed by atoms with Gasteiger partial charge in [0.05, 0.1) is 24.6 Å². The standard InChI is InChI=1S/C34H28O4P2/c35-39(23-27-12-1-3-14-29(27)31-16-5-7-18-33(31)37-39)21-25-10-9-11-26(20-25)22-40(36)24-28-13-2-4-15-30(28)32-17-6-8-19-34(32)38-40/h1-20H,21-24H2. The van der Waals surface area contributed by atoms with E-state index in [-0.39, 0.29) is 0 Å². The van der Waals surface area contributed by atoms with E-state index in [0.717, 1.165) is 44.5 Å². The summed E-state index contributed by atoms with van der Waals surface area (Å²) in [6, 6.07) is 39.7. The molecule has 40 heavy (non-hydrogen) atoms. The summed E-state index contributed by atoms with van der Waals surface area (Å²) in [6.07, 6.45) is 1.30. The number of rotatable bonds is 4. The smallest absolute Gasteiger partial charge is 0.256 e. The highest BCUT2D eigenvalue weighted by Crippen LogP contribution is 2.60. The van der Waals surface area contributed by atoms with Crippen molar-refractivity contribution in [3.63, 3.8) is 0 Å². The minimum Gasteiger partial charge on any atom is -0.442 e. The maximum Gasteiger partial charge on any atom is 0.256 e. The third kappa shape index (κ3) is 4.83. The van der Waals surface area contributed by atoms with Crippen LogP contribution in [0.2, 0.25) is 0 Å². The summed E-state index contributed by atoms with van der Waals surface area (Å²) in [7, 11) is -6.24. The van der Waals surface area contributed by atoms with E-state index in [1.165, 1.54) is 0 Å². The largest absolute Gasteiger partial charge is 0.442 e. The molecule has 0 fully saturated rings. The molecule has 2 heterocycles. The Hall–Kier alpha value is -3.84. The van der Waals surface area contributed by atoms with E-state index in [0.29, 0.717) is 36.1 Å². The van der Waals surface area contributed by atoms with Gasteiger partial charge in [-0.15, -0.1) is 0 Å². The van der Waals surface area contributed by atoms with Crippen LogP contribution in [-0.4, -0.2) is 0 Å². The zero-order valence-electron chi connectivity index (χ0n) is 21.9. The van der Waals surface area contributed by atoms with E-state index >= 15 is 0 Å². The Morgan fingerprint density at radius 1 is 0.475 bits per heavy atom. The van der Waals surface area contributed by atoms with Gasteiger partial charge in [0.2, 0.25) is 0 Å². The summed E-state index contributed by atoms with van der Waals surface area (Å²) in [5, 5.41) is 0. The fourth-order valence-corrected chi connectivity index (χ4v) is 10.5. The Morgan fingerprint density at radius 3 is 1.35 bits per heavy atom. The maximum atomic E-state index is 14.3. The molecule has 0 aromatic heterocycles. The second-order valence-corrected chi connectivity index (χ2v) is 15.5. The molecule has 5 aromatic carbocycles. The third-order valence-electron chi connectivity index (χ3n) is 7.58. The van der Waals surface area contributed by atoms with Crippen molar-refractivity contribution in [3.8, 4) is 33.8 Å². The number of hydrogen-bond acceptors (Lipinski definition) is 4. The fraction of sp³-hybridized carbons (Fsp3) is 0.118. The molecule has 2 unspecified atom stereocenters. The predicted molar refractivity (Wildman–Crippen MR) is 161 cm³/mol. The van der Waals surface area contributed by atoms with Crippen LogP contribution in [0.4, 0.5) is 0 Å². The SMILES string of the molecule is O=P1(Cc2cccc(CP3(=O)Cc4ccccc4-c4ccccc4O3)c2)Cc2ccccc2-c2ccccc2O1. The van der Waals surface area contributed by atoms with Gasteiger partial charge in [-0.3, -0.25) is 9.13 Å². The average molecular weight is 563 g/mol. The number of hydrogen-bond donors (Lipinski definition) is 0. The highest BCUT2D eigenvalue weighted by atomic mass is 31.2. The lowest BCUT2D eigenvalue weighted by Gasteiger charge is -2.20. The molecule has 6 heteroatoms. The summed E-state index contributed by atoms with van der Waals surface area (Å²) in [6.45, 7) is 0. The van der Waals surface area contributed by atoms with E-state index in [1.807, 2.05) is 109 Å². The molecule has 0 bridgehead atoms. The highest BCUT2D eigenvalue weighted by Gasteiger charge is 2.33. The van der Waals surface area contributed by atoms with E-state index in [4.69, 9.17) is 9.05 Å². The fourth-order valence-electron chi connectivity index (χ4n) is 5.88. The molecule has 0 saturated carbocycles. The van der Waals surface area contributed by atoms with Gasteiger partial charge in [-0.05, 0) is 45.5 Å². The Morgan fingerprint density at radius 2 is 0.875 bits per heavy atom. The van der Waals surface area contributed by atoms with Crippen LogP contribution in [0.1, 0.15) is 22.3 Å². The predicted octanol–water partition coefficient (Wildman–Crippen LogP) is 9.76. The molecule has 0 spiro atoms. The van der Waals surface area contributed by atoms with Crippen LogP contribution >= 0.6 is 14.7 Å². The Labute approximate surface area is 234 Å². The van der Waals surface area contributed by atoms with Crippen molar-refractivity contribution < 1.29 is 18.2 Å². The van der Waals surface area contributed by atoms with Crippen molar-refractivity contribution in [3.05, 3.63) is 144 Å².